The molecule has 0 aromatic heterocycles. The molecule has 4 aliphatic carbocycles. The second-order valence-corrected chi connectivity index (χ2v) is 28.3. The highest BCUT2D eigenvalue weighted by molar-refractivity contribution is 6.01. The van der Waals surface area contributed by atoms with Gasteiger partial charge in [0.25, 0.3) is 5.91 Å². The SMILES string of the molecule is CC[C@H]1OC(=O)[C@H](C)[C@@H](OC2C[C@@](C)(OC)[C@@H](O)[C@H](C)O2)[C@H](C)[C@@H](OC2O[C@H](C)C[C@H](N(C)C(C)C)[C@H]2O)[C@](C)(O)C[C@@H](C)CN(CCCNC(=O)[C@@]2(O)[C@H](C)CC3C4CCC5=CC(=O)C=C[C@]5(C)[C@@]4(F)[C@@H](O)C[C@@]32C)[C@H](C)[C@@H](O)[C@]1(C)O. The molecule has 0 bridgehead atoms. The van der Waals surface area contributed by atoms with Crippen molar-refractivity contribution in [1.82, 2.24) is 15.1 Å². The predicted molar refractivity (Wildman–Crippen MR) is 308 cm³/mol. The van der Waals surface area contributed by atoms with E-state index in [4.69, 9.17) is 28.4 Å². The number of carbonyl (C=O) groups is 3. The second-order valence-electron chi connectivity index (χ2n) is 28.3. The van der Waals surface area contributed by atoms with E-state index in [9.17, 15) is 50.1 Å². The molecular formula is C63H106FN3O16. The maximum absolute atomic E-state index is 17.9. The number of aliphatic hydroxyl groups is 7. The Balaban J connectivity index is 1.17. The van der Waals surface area contributed by atoms with Crippen molar-refractivity contribution < 1.29 is 82.9 Å². The molecule has 4 unspecified atom stereocenters. The zero-order valence-corrected chi connectivity index (χ0v) is 52.8. The highest BCUT2D eigenvalue weighted by Gasteiger charge is 2.76. The number of nitrogens with zero attached hydrogens (tertiary/aromatic N) is 2. The summed E-state index contributed by atoms with van der Waals surface area (Å²) < 4.78 is 56.5. The molecule has 83 heavy (non-hydrogen) atoms. The van der Waals surface area contributed by atoms with Gasteiger partial charge in [-0.1, -0.05) is 46.3 Å². The van der Waals surface area contributed by atoms with Gasteiger partial charge in [-0.3, -0.25) is 24.2 Å². The number of amides is 1. The van der Waals surface area contributed by atoms with Crippen LogP contribution in [-0.2, 0) is 42.8 Å². The molecule has 20 heteroatoms. The number of cyclic esters (lactones) is 1. The third kappa shape index (κ3) is 12.2. The predicted octanol–water partition coefficient (Wildman–Crippen LogP) is 4.90. The van der Waals surface area contributed by atoms with Gasteiger partial charge >= 0.3 is 5.97 Å². The lowest BCUT2D eigenvalue weighted by Gasteiger charge is -2.62. The first-order valence-corrected chi connectivity index (χ1v) is 31.1. The van der Waals surface area contributed by atoms with Gasteiger partial charge < -0.3 is 69.5 Å². The first kappa shape index (κ1) is 68.0. The van der Waals surface area contributed by atoms with Crippen LogP contribution in [0.4, 0.5) is 4.39 Å². The molecule has 3 saturated heterocycles. The topological polar surface area (TPSA) is 267 Å². The van der Waals surface area contributed by atoms with Gasteiger partial charge in [-0.15, -0.1) is 0 Å². The number of hydrogen-bond acceptors (Lipinski definition) is 18. The molecule has 3 aliphatic heterocycles. The molecule has 0 spiro atoms. The lowest BCUT2D eigenvalue weighted by atomic mass is 9.44. The highest BCUT2D eigenvalue weighted by Crippen LogP contribution is 2.70. The van der Waals surface area contributed by atoms with E-state index >= 15 is 4.39 Å². The Morgan fingerprint density at radius 2 is 1.58 bits per heavy atom. The van der Waals surface area contributed by atoms with E-state index in [-0.39, 0.29) is 75.2 Å². The summed E-state index contributed by atoms with van der Waals surface area (Å²) in [6.07, 6.45) is -5.69. The van der Waals surface area contributed by atoms with Crippen LogP contribution < -0.4 is 5.32 Å². The number of allylic oxidation sites excluding steroid dienone is 4. The number of carbonyl (C=O) groups excluding carboxylic acids is 3. The number of nitrogens with one attached hydrogen (secondary N) is 1. The monoisotopic (exact) mass is 1180 g/mol. The van der Waals surface area contributed by atoms with Crippen LogP contribution in [0.3, 0.4) is 0 Å². The van der Waals surface area contributed by atoms with E-state index < -0.39 is 148 Å². The summed E-state index contributed by atoms with van der Waals surface area (Å²) in [4.78, 5) is 45.9. The number of rotatable bonds is 13. The molecule has 476 valence electrons. The smallest absolute Gasteiger partial charge is 0.311 e. The van der Waals surface area contributed by atoms with Crippen molar-refractivity contribution in [3.8, 4) is 0 Å². The van der Waals surface area contributed by atoms with Crippen LogP contribution >= 0.6 is 0 Å². The summed E-state index contributed by atoms with van der Waals surface area (Å²) in [6, 6.07) is -1.11. The number of ether oxygens (including phenoxy) is 6. The molecule has 7 rings (SSSR count). The zero-order chi connectivity index (χ0) is 62.1. The minimum absolute atomic E-state index is 0.0630. The number of halogens is 1. The summed E-state index contributed by atoms with van der Waals surface area (Å²) in [5, 5.41) is 88.9. The Morgan fingerprint density at radius 3 is 2.20 bits per heavy atom. The first-order valence-electron chi connectivity index (χ1n) is 31.1. The van der Waals surface area contributed by atoms with Crippen molar-refractivity contribution in [2.24, 2.45) is 46.3 Å². The molecule has 7 aliphatic rings. The van der Waals surface area contributed by atoms with E-state index in [1.807, 2.05) is 39.6 Å². The van der Waals surface area contributed by atoms with E-state index in [2.05, 4.69) is 10.2 Å². The minimum Gasteiger partial charge on any atom is -0.459 e. The van der Waals surface area contributed by atoms with Crippen molar-refractivity contribution in [3.05, 3.63) is 23.8 Å². The van der Waals surface area contributed by atoms with Crippen LogP contribution in [0.25, 0.3) is 0 Å². The van der Waals surface area contributed by atoms with Crippen molar-refractivity contribution >= 4 is 17.7 Å². The van der Waals surface area contributed by atoms with Crippen molar-refractivity contribution in [2.75, 3.05) is 33.8 Å². The Kier molecular flexibility index (Phi) is 20.6. The van der Waals surface area contributed by atoms with Gasteiger partial charge in [0.2, 0.25) is 0 Å². The fraction of sp³-hybridized carbons (Fsp3) is 0.889. The van der Waals surface area contributed by atoms with Gasteiger partial charge in [0.05, 0.1) is 47.6 Å². The second kappa shape index (κ2) is 25.2. The maximum Gasteiger partial charge on any atom is 0.311 e. The summed E-state index contributed by atoms with van der Waals surface area (Å²) in [6.45, 7) is 27.2. The molecule has 0 radical (unpaired) electrons. The Bertz CT molecular complexity index is 2360. The van der Waals surface area contributed by atoms with Crippen LogP contribution in [0, 0.1) is 46.3 Å². The van der Waals surface area contributed by atoms with Crippen LogP contribution in [0.2, 0.25) is 0 Å². The fourth-order valence-corrected chi connectivity index (χ4v) is 16.8. The molecule has 0 aromatic carbocycles. The minimum atomic E-state index is -2.13. The molecule has 3 saturated carbocycles. The fourth-order valence-electron chi connectivity index (χ4n) is 16.8. The number of likely N-dealkylation sites (N-methyl/N-ethyl adjacent to an activating group) is 1. The number of methoxy groups -OCH3 is 1. The van der Waals surface area contributed by atoms with Crippen LogP contribution in [0.5, 0.6) is 0 Å². The number of alkyl halides is 1. The molecule has 3 heterocycles. The number of esters is 1. The van der Waals surface area contributed by atoms with Gasteiger partial charge in [0.1, 0.15) is 30.0 Å². The Hall–Kier alpha value is -2.54. The third-order valence-electron chi connectivity index (χ3n) is 22.2. The first-order chi connectivity index (χ1) is 38.4. The zero-order valence-electron chi connectivity index (χ0n) is 52.8. The molecule has 8 N–H and O–H groups in total. The molecule has 19 nitrogen and oxygen atoms in total. The highest BCUT2D eigenvalue weighted by atomic mass is 19.1. The van der Waals surface area contributed by atoms with E-state index in [0.29, 0.717) is 37.7 Å². The molecule has 0 aromatic rings. The Labute approximate surface area is 493 Å². The largest absolute Gasteiger partial charge is 0.459 e. The van der Waals surface area contributed by atoms with Gasteiger partial charge in [-0.05, 0) is 158 Å². The lowest BCUT2D eigenvalue weighted by molar-refractivity contribution is -0.318. The maximum atomic E-state index is 17.9. The number of fused-ring (bicyclic) bond motifs is 5. The van der Waals surface area contributed by atoms with Gasteiger partial charge in [0.15, 0.2) is 29.6 Å². The summed E-state index contributed by atoms with van der Waals surface area (Å²) in [5.41, 5.74) is -10.7. The van der Waals surface area contributed by atoms with Gasteiger partial charge in [-0.2, -0.15) is 0 Å². The van der Waals surface area contributed by atoms with E-state index in [1.54, 1.807) is 75.3 Å². The van der Waals surface area contributed by atoms with Crippen molar-refractivity contribution in [1.29, 1.82) is 0 Å². The molecule has 6 fully saturated rings. The number of aliphatic hydroxyl groups excluding tert-OH is 4. The lowest BCUT2D eigenvalue weighted by Crippen LogP contribution is -2.70. The van der Waals surface area contributed by atoms with Crippen LogP contribution in [0.15, 0.2) is 23.8 Å². The third-order valence-corrected chi connectivity index (χ3v) is 22.2. The van der Waals surface area contributed by atoms with Crippen molar-refractivity contribution in [2.45, 2.75) is 275 Å². The van der Waals surface area contributed by atoms with Crippen LogP contribution in [-0.4, -0.2) is 211 Å². The molecule has 26 atom stereocenters. The quantitative estimate of drug-likeness (QED) is 0.0900. The number of ketones is 1. The summed E-state index contributed by atoms with van der Waals surface area (Å²) >= 11 is 0. The van der Waals surface area contributed by atoms with Crippen molar-refractivity contribution in [3.63, 3.8) is 0 Å². The van der Waals surface area contributed by atoms with Gasteiger partial charge in [0, 0.05) is 74.0 Å². The summed E-state index contributed by atoms with van der Waals surface area (Å²) in [7, 11) is 3.42. The van der Waals surface area contributed by atoms with E-state index in [0.717, 1.165) is 0 Å². The van der Waals surface area contributed by atoms with Gasteiger partial charge in [-0.25, -0.2) is 4.39 Å². The number of hydrogen-bond donors (Lipinski definition) is 8. The Morgan fingerprint density at radius 1 is 0.916 bits per heavy atom. The standard InChI is InChI=1S/C63H106FN3O16/c1-18-47-61(15,76)51(71)39(9)67(25-19-24-65-56(74)63(77)35(5)26-44-43-21-20-41-28-42(68)22-23-57(41,11)62(43,64)46(69)30-58(44,63)12)32-34(4)29-59(13,75)53(83-55-49(70)45(27-36(6)79-55)66(16)33(2)3)37(7)50(38(8)54(73)81-47)82-48-31-60(14,78-17)52(72)40(10)80-48/h22-23,28,33-40,43-53,55,69-72,75-77H,18-21,24-27,29-32H2,1-17H3,(H,65,74)/t34-,35-,36-,37+,38-,39-,40+,43?,44?,45+,46+,47-,48?,49-,50+,51-,52+,53-,55?,57+,58+,59-,60-,61-,62+,63+/m1/s1. The summed E-state index contributed by atoms with van der Waals surface area (Å²) in [5.74, 6) is -5.74. The normalized spacial score (nSPS) is 49.5. The van der Waals surface area contributed by atoms with E-state index in [1.165, 1.54) is 26.2 Å². The molecular weight excluding hydrogens is 1070 g/mol. The average Bonchev–Trinajstić information content (AvgIpc) is 1.69. The average molecular weight is 1180 g/mol. The van der Waals surface area contributed by atoms with Crippen LogP contribution in [0.1, 0.15) is 162 Å². The molecule has 1 amide bonds.